The maximum atomic E-state index is 12.2. The van der Waals surface area contributed by atoms with Crippen molar-refractivity contribution in [1.29, 1.82) is 0 Å². The van der Waals surface area contributed by atoms with Crippen LogP contribution < -0.4 is 4.72 Å². The third kappa shape index (κ3) is 3.58. The molecule has 1 aliphatic rings. The summed E-state index contributed by atoms with van der Waals surface area (Å²) >= 11 is 0. The molecule has 108 valence electrons. The highest BCUT2D eigenvalue weighted by Gasteiger charge is 2.23. The first-order chi connectivity index (χ1) is 9.53. The van der Waals surface area contributed by atoms with Gasteiger partial charge in [-0.3, -0.25) is 0 Å². The Bertz CT molecular complexity index is 637. The minimum absolute atomic E-state index is 0.158. The van der Waals surface area contributed by atoms with Gasteiger partial charge >= 0.3 is 0 Å². The van der Waals surface area contributed by atoms with Gasteiger partial charge < -0.3 is 9.84 Å². The molecule has 1 fully saturated rings. The normalized spacial score (nSPS) is 18.6. The Hall–Kier alpha value is -1.39. The fourth-order valence-electron chi connectivity index (χ4n) is 1.99. The highest BCUT2D eigenvalue weighted by atomic mass is 32.2. The number of benzene rings is 1. The summed E-state index contributed by atoms with van der Waals surface area (Å²) in [6.07, 6.45) is 0.693. The first-order valence-corrected chi connectivity index (χ1v) is 7.82. The molecule has 1 heterocycles. The third-order valence-corrected chi connectivity index (χ3v) is 4.58. The van der Waals surface area contributed by atoms with Crippen molar-refractivity contribution in [2.75, 3.05) is 19.8 Å². The first kappa shape index (κ1) is 15.0. The Labute approximate surface area is 119 Å². The summed E-state index contributed by atoms with van der Waals surface area (Å²) < 4.78 is 32.2. The monoisotopic (exact) mass is 295 g/mol. The number of nitrogens with one attached hydrogen (secondary N) is 1. The van der Waals surface area contributed by atoms with Crippen LogP contribution in [-0.2, 0) is 14.8 Å². The summed E-state index contributed by atoms with van der Waals surface area (Å²) in [7, 11) is -3.53. The molecule has 0 bridgehead atoms. The average molecular weight is 295 g/mol. The second-order valence-corrected chi connectivity index (χ2v) is 6.33. The van der Waals surface area contributed by atoms with E-state index < -0.39 is 10.0 Å². The van der Waals surface area contributed by atoms with Crippen LogP contribution >= 0.6 is 0 Å². The fraction of sp³-hybridized carbons (Fsp3) is 0.429. The van der Waals surface area contributed by atoms with Crippen molar-refractivity contribution in [2.45, 2.75) is 24.3 Å². The van der Waals surface area contributed by atoms with Gasteiger partial charge in [0.15, 0.2) is 0 Å². The van der Waals surface area contributed by atoms with Gasteiger partial charge in [-0.1, -0.05) is 11.8 Å². The second kappa shape index (κ2) is 6.37. The van der Waals surface area contributed by atoms with Gasteiger partial charge in [-0.15, -0.1) is 0 Å². The fourth-order valence-corrected chi connectivity index (χ4v) is 3.33. The van der Waals surface area contributed by atoms with Crippen LogP contribution in [0.3, 0.4) is 0 Å². The zero-order chi connectivity index (χ0) is 14.6. The largest absolute Gasteiger partial charge is 0.384 e. The smallest absolute Gasteiger partial charge is 0.240 e. The highest BCUT2D eigenvalue weighted by molar-refractivity contribution is 7.89. The maximum Gasteiger partial charge on any atom is 0.240 e. The van der Waals surface area contributed by atoms with E-state index in [1.54, 1.807) is 19.1 Å². The summed E-state index contributed by atoms with van der Waals surface area (Å²) in [5, 5.41) is 8.67. The van der Waals surface area contributed by atoms with Gasteiger partial charge in [0.05, 0.1) is 11.5 Å². The lowest BCUT2D eigenvalue weighted by Crippen LogP contribution is -2.35. The topological polar surface area (TPSA) is 75.6 Å². The van der Waals surface area contributed by atoms with E-state index in [4.69, 9.17) is 9.84 Å². The number of aryl methyl sites for hydroxylation is 1. The quantitative estimate of drug-likeness (QED) is 0.792. The van der Waals surface area contributed by atoms with E-state index in [0.29, 0.717) is 25.2 Å². The van der Waals surface area contributed by atoms with Gasteiger partial charge in [0.2, 0.25) is 10.0 Å². The van der Waals surface area contributed by atoms with Gasteiger partial charge in [0.25, 0.3) is 0 Å². The number of hydrogen-bond donors (Lipinski definition) is 2. The van der Waals surface area contributed by atoms with Gasteiger partial charge in [-0.2, -0.15) is 0 Å². The number of hydrogen-bond acceptors (Lipinski definition) is 4. The number of aliphatic hydroxyl groups is 1. The molecule has 0 aliphatic carbocycles. The SMILES string of the molecule is Cc1cc(S(=O)(=O)NC2CCOC2)ccc1C#CCO. The maximum absolute atomic E-state index is 12.2. The van der Waals surface area contributed by atoms with E-state index in [1.807, 2.05) is 0 Å². The average Bonchev–Trinajstić information content (AvgIpc) is 2.89. The van der Waals surface area contributed by atoms with Crippen molar-refractivity contribution in [2.24, 2.45) is 0 Å². The summed E-state index contributed by atoms with van der Waals surface area (Å²) in [6.45, 7) is 2.57. The molecule has 1 aromatic rings. The molecule has 0 spiro atoms. The Morgan fingerprint density at radius 3 is 2.90 bits per heavy atom. The van der Waals surface area contributed by atoms with E-state index in [1.165, 1.54) is 6.07 Å². The minimum atomic E-state index is -3.53. The molecule has 0 aromatic heterocycles. The lowest BCUT2D eigenvalue weighted by Gasteiger charge is -2.12. The Morgan fingerprint density at radius 2 is 2.30 bits per heavy atom. The molecular formula is C14H17NO4S. The molecule has 1 unspecified atom stereocenters. The summed E-state index contributed by atoms with van der Waals surface area (Å²) in [4.78, 5) is 0.219. The standard InChI is InChI=1S/C14H17NO4S/c1-11-9-14(5-4-12(11)3-2-7-16)20(17,18)15-13-6-8-19-10-13/h4-5,9,13,15-16H,6-8,10H2,1H3. The van der Waals surface area contributed by atoms with E-state index in [2.05, 4.69) is 16.6 Å². The summed E-state index contributed by atoms with van der Waals surface area (Å²) in [6, 6.07) is 4.60. The highest BCUT2D eigenvalue weighted by Crippen LogP contribution is 2.16. The number of rotatable bonds is 3. The van der Waals surface area contributed by atoms with Gasteiger partial charge in [0, 0.05) is 18.2 Å². The molecule has 0 amide bonds. The molecule has 2 N–H and O–H groups in total. The van der Waals surface area contributed by atoms with Crippen LogP contribution in [0.15, 0.2) is 23.1 Å². The molecular weight excluding hydrogens is 278 g/mol. The van der Waals surface area contributed by atoms with Crippen molar-refractivity contribution >= 4 is 10.0 Å². The first-order valence-electron chi connectivity index (χ1n) is 6.33. The number of ether oxygens (including phenoxy) is 1. The van der Waals surface area contributed by atoms with E-state index in [-0.39, 0.29) is 17.5 Å². The molecule has 1 atom stereocenters. The predicted octanol–water partition coefficient (Wildman–Crippen LogP) is 0.406. The molecule has 6 heteroatoms. The number of sulfonamides is 1. The van der Waals surface area contributed by atoms with Crippen molar-refractivity contribution in [1.82, 2.24) is 4.72 Å². The van der Waals surface area contributed by atoms with Crippen LogP contribution in [0.2, 0.25) is 0 Å². The van der Waals surface area contributed by atoms with Crippen LogP contribution in [0.1, 0.15) is 17.5 Å². The molecule has 1 aliphatic heterocycles. The molecule has 0 radical (unpaired) electrons. The molecule has 5 nitrogen and oxygen atoms in total. The minimum Gasteiger partial charge on any atom is -0.384 e. The molecule has 2 rings (SSSR count). The van der Waals surface area contributed by atoms with Crippen molar-refractivity contribution in [3.63, 3.8) is 0 Å². The zero-order valence-corrected chi connectivity index (χ0v) is 12.0. The number of aliphatic hydroxyl groups excluding tert-OH is 1. The van der Waals surface area contributed by atoms with Crippen molar-refractivity contribution in [3.8, 4) is 11.8 Å². The van der Waals surface area contributed by atoms with E-state index >= 15 is 0 Å². The lowest BCUT2D eigenvalue weighted by molar-refractivity contribution is 0.192. The van der Waals surface area contributed by atoms with Gasteiger partial charge in [-0.05, 0) is 37.1 Å². The van der Waals surface area contributed by atoms with Crippen LogP contribution in [-0.4, -0.2) is 39.4 Å². The van der Waals surface area contributed by atoms with Gasteiger partial charge in [-0.25, -0.2) is 13.1 Å². The third-order valence-electron chi connectivity index (χ3n) is 3.06. The Balaban J connectivity index is 2.21. The molecule has 0 saturated carbocycles. The van der Waals surface area contributed by atoms with Crippen molar-refractivity contribution < 1.29 is 18.3 Å². The lowest BCUT2D eigenvalue weighted by atomic mass is 10.1. The molecule has 20 heavy (non-hydrogen) atoms. The van der Waals surface area contributed by atoms with Crippen molar-refractivity contribution in [3.05, 3.63) is 29.3 Å². The second-order valence-electron chi connectivity index (χ2n) is 4.62. The molecule has 1 saturated heterocycles. The Morgan fingerprint density at radius 1 is 1.50 bits per heavy atom. The molecule has 1 aromatic carbocycles. The summed E-state index contributed by atoms with van der Waals surface area (Å²) in [5.41, 5.74) is 1.47. The Kier molecular flexibility index (Phi) is 4.78. The van der Waals surface area contributed by atoms with E-state index in [0.717, 1.165) is 5.56 Å². The van der Waals surface area contributed by atoms with Crippen LogP contribution in [0.25, 0.3) is 0 Å². The van der Waals surface area contributed by atoms with Crippen LogP contribution in [0.5, 0.6) is 0 Å². The van der Waals surface area contributed by atoms with E-state index in [9.17, 15) is 8.42 Å². The van der Waals surface area contributed by atoms with Crippen LogP contribution in [0.4, 0.5) is 0 Å². The predicted molar refractivity (Wildman–Crippen MR) is 74.7 cm³/mol. The zero-order valence-electron chi connectivity index (χ0n) is 11.2. The van der Waals surface area contributed by atoms with Gasteiger partial charge in [0.1, 0.15) is 6.61 Å². The summed E-state index contributed by atoms with van der Waals surface area (Å²) in [5.74, 6) is 5.33. The van der Waals surface area contributed by atoms with Crippen LogP contribution in [0, 0.1) is 18.8 Å².